The second kappa shape index (κ2) is 6.43. The van der Waals surface area contributed by atoms with Gasteiger partial charge in [0.15, 0.2) is 0 Å². The van der Waals surface area contributed by atoms with Crippen molar-refractivity contribution >= 4 is 47.8 Å². The highest BCUT2D eigenvalue weighted by atomic mass is 31.3. The molecule has 0 amide bonds. The lowest BCUT2D eigenvalue weighted by Crippen LogP contribution is -2.10. The molecule has 9 heteroatoms. The van der Waals surface area contributed by atoms with E-state index >= 15 is 0 Å². The van der Waals surface area contributed by atoms with Crippen molar-refractivity contribution in [1.82, 2.24) is 4.86 Å². The molecular weight excluding hydrogens is 388 g/mol. The topological polar surface area (TPSA) is 116 Å². The van der Waals surface area contributed by atoms with E-state index in [1.165, 1.54) is 10.9 Å². The molecule has 27 heavy (non-hydrogen) atoms. The van der Waals surface area contributed by atoms with Crippen LogP contribution in [0.4, 0.5) is 0 Å². The van der Waals surface area contributed by atoms with Crippen LogP contribution in [0.3, 0.4) is 0 Å². The summed E-state index contributed by atoms with van der Waals surface area (Å²) in [5.74, 6) is 0.0557. The van der Waals surface area contributed by atoms with Gasteiger partial charge in [-0.3, -0.25) is 0 Å². The fourth-order valence-electron chi connectivity index (χ4n) is 3.16. The number of benzene rings is 4. The Morgan fingerprint density at radius 2 is 1.37 bits per heavy atom. The molecule has 0 aliphatic heterocycles. The number of hydrogen-bond acceptors (Lipinski definition) is 3. The van der Waals surface area contributed by atoms with Gasteiger partial charge in [0.05, 0.1) is 0 Å². The molecule has 1 atom stereocenters. The molecule has 7 nitrogen and oxygen atoms in total. The van der Waals surface area contributed by atoms with Gasteiger partial charge in [0, 0.05) is 5.39 Å². The largest absolute Gasteiger partial charge is 0.465 e. The van der Waals surface area contributed by atoms with Crippen LogP contribution >= 0.6 is 15.5 Å². The Labute approximate surface area is 154 Å². The van der Waals surface area contributed by atoms with Crippen molar-refractivity contribution in [2.45, 2.75) is 0 Å². The molecule has 1 unspecified atom stereocenters. The van der Waals surface area contributed by atoms with E-state index in [4.69, 9.17) is 14.3 Å². The molecule has 138 valence electrons. The van der Waals surface area contributed by atoms with Crippen LogP contribution in [0, 0.1) is 0 Å². The summed E-state index contributed by atoms with van der Waals surface area (Å²) in [7, 11) is -9.73. The molecule has 0 spiro atoms. The molecule has 4 aromatic carbocycles. The highest BCUT2D eigenvalue weighted by Gasteiger charge is 2.31. The normalized spacial score (nSPS) is 14.5. The van der Waals surface area contributed by atoms with Crippen LogP contribution in [-0.2, 0) is 9.13 Å². The van der Waals surface area contributed by atoms with Crippen LogP contribution in [0.15, 0.2) is 66.7 Å². The quantitative estimate of drug-likeness (QED) is 0.228. The molecule has 0 saturated carbocycles. The Morgan fingerprint density at radius 1 is 0.741 bits per heavy atom. The summed E-state index contributed by atoms with van der Waals surface area (Å²) >= 11 is 0. The first-order chi connectivity index (χ1) is 12.7. The van der Waals surface area contributed by atoms with Gasteiger partial charge in [-0.05, 0) is 45.1 Å². The van der Waals surface area contributed by atoms with Crippen molar-refractivity contribution in [2.75, 3.05) is 0 Å². The Bertz CT molecular complexity index is 1280. The zero-order valence-corrected chi connectivity index (χ0v) is 15.6. The molecule has 4 N–H and O–H groups in total. The molecule has 0 aliphatic rings. The molecule has 0 aliphatic carbocycles. The standard InChI is InChI=1S/C18H15NO6P2/c20-26(21,22)19-27(23,24)25-17-7-3-6-12-8-9-15-10-13-4-1-2-5-14(13)11-16(15)18(12)17/h1-11H,(H4,19,20,21,22,23,24). The predicted octanol–water partition coefficient (Wildman–Crippen LogP) is 4.31. The summed E-state index contributed by atoms with van der Waals surface area (Å²) in [5, 5.41) is 5.12. The Morgan fingerprint density at radius 3 is 2.07 bits per heavy atom. The highest BCUT2D eigenvalue weighted by molar-refractivity contribution is 7.66. The summed E-state index contributed by atoms with van der Waals surface area (Å²) in [6.07, 6.45) is 0. The first-order valence-electron chi connectivity index (χ1n) is 7.94. The minimum absolute atomic E-state index is 0.0557. The molecule has 0 fully saturated rings. The third-order valence-electron chi connectivity index (χ3n) is 4.17. The summed E-state index contributed by atoms with van der Waals surface area (Å²) in [5.41, 5.74) is 0. The first kappa shape index (κ1) is 18.1. The summed E-state index contributed by atoms with van der Waals surface area (Å²) in [6.45, 7) is 0. The monoisotopic (exact) mass is 403 g/mol. The minimum atomic E-state index is -4.95. The van der Waals surface area contributed by atoms with Crippen LogP contribution < -0.4 is 9.38 Å². The van der Waals surface area contributed by atoms with Gasteiger partial charge in [-0.1, -0.05) is 48.5 Å². The summed E-state index contributed by atoms with van der Waals surface area (Å²) < 4.78 is 28.3. The van der Waals surface area contributed by atoms with Gasteiger partial charge in [-0.2, -0.15) is 0 Å². The van der Waals surface area contributed by atoms with E-state index in [0.29, 0.717) is 5.39 Å². The smallest absolute Gasteiger partial charge is 0.412 e. The second-order valence-corrected chi connectivity index (χ2v) is 9.21. The van der Waals surface area contributed by atoms with Gasteiger partial charge in [0.1, 0.15) is 5.75 Å². The molecule has 0 bridgehead atoms. The SMILES string of the molecule is O=P(O)(O)NP(=O)(O)Oc1cccc2ccc3cc4ccccc4cc3c12. The summed E-state index contributed by atoms with van der Waals surface area (Å²) in [6, 6.07) is 20.5. The van der Waals surface area contributed by atoms with Gasteiger partial charge >= 0.3 is 15.5 Å². The zero-order chi connectivity index (χ0) is 19.2. The maximum absolute atomic E-state index is 12.1. The predicted molar refractivity (Wildman–Crippen MR) is 105 cm³/mol. The number of hydrogen-bond donors (Lipinski definition) is 4. The molecule has 4 rings (SSSR count). The average molecular weight is 403 g/mol. The van der Waals surface area contributed by atoms with Gasteiger partial charge in [0.2, 0.25) is 0 Å². The maximum Gasteiger partial charge on any atom is 0.465 e. The van der Waals surface area contributed by atoms with E-state index in [1.807, 2.05) is 54.6 Å². The van der Waals surface area contributed by atoms with Crippen molar-refractivity contribution in [3.05, 3.63) is 66.7 Å². The van der Waals surface area contributed by atoms with Crippen molar-refractivity contribution in [3.8, 4) is 5.75 Å². The lowest BCUT2D eigenvalue weighted by atomic mass is 9.98. The summed E-state index contributed by atoms with van der Waals surface area (Å²) in [4.78, 5) is 29.0. The average Bonchev–Trinajstić information content (AvgIpc) is 2.57. The van der Waals surface area contributed by atoms with Crippen LogP contribution in [-0.4, -0.2) is 14.7 Å². The molecule has 4 aromatic rings. The van der Waals surface area contributed by atoms with Gasteiger partial charge in [0.25, 0.3) is 0 Å². The van der Waals surface area contributed by atoms with Gasteiger partial charge < -0.3 is 19.2 Å². The van der Waals surface area contributed by atoms with Gasteiger partial charge in [-0.25, -0.2) is 9.13 Å². The molecular formula is C18H15NO6P2. The van der Waals surface area contributed by atoms with Crippen molar-refractivity contribution in [3.63, 3.8) is 0 Å². The number of rotatable bonds is 4. The van der Waals surface area contributed by atoms with E-state index in [0.717, 1.165) is 26.9 Å². The molecule has 0 saturated heterocycles. The van der Waals surface area contributed by atoms with Crippen LogP contribution in [0.2, 0.25) is 0 Å². The van der Waals surface area contributed by atoms with E-state index < -0.39 is 15.5 Å². The van der Waals surface area contributed by atoms with E-state index in [1.54, 1.807) is 6.07 Å². The van der Waals surface area contributed by atoms with E-state index in [2.05, 4.69) is 0 Å². The third kappa shape index (κ3) is 3.75. The van der Waals surface area contributed by atoms with Crippen molar-refractivity contribution in [1.29, 1.82) is 0 Å². The number of nitrogens with one attached hydrogen (secondary N) is 1. The van der Waals surface area contributed by atoms with E-state index in [-0.39, 0.29) is 5.75 Å². The van der Waals surface area contributed by atoms with Crippen LogP contribution in [0.5, 0.6) is 5.75 Å². The molecule has 0 aromatic heterocycles. The fraction of sp³-hybridized carbons (Fsp3) is 0. The van der Waals surface area contributed by atoms with E-state index in [9.17, 15) is 14.0 Å². The molecule has 0 radical (unpaired) electrons. The number of fused-ring (bicyclic) bond motifs is 4. The lowest BCUT2D eigenvalue weighted by molar-refractivity contribution is 0.343. The Hall–Kier alpha value is -2.24. The van der Waals surface area contributed by atoms with Crippen LogP contribution in [0.25, 0.3) is 32.3 Å². The Kier molecular flexibility index (Phi) is 4.32. The maximum atomic E-state index is 12.1. The van der Waals surface area contributed by atoms with Crippen LogP contribution in [0.1, 0.15) is 0 Å². The zero-order valence-electron chi connectivity index (χ0n) is 13.8. The highest BCUT2D eigenvalue weighted by Crippen LogP contribution is 2.50. The lowest BCUT2D eigenvalue weighted by Gasteiger charge is -2.17. The Balaban J connectivity index is 1.95. The fourth-order valence-corrected chi connectivity index (χ4v) is 5.06. The first-order valence-corrected chi connectivity index (χ1v) is 11.1. The minimum Gasteiger partial charge on any atom is -0.412 e. The van der Waals surface area contributed by atoms with Crippen molar-refractivity contribution in [2.24, 2.45) is 0 Å². The van der Waals surface area contributed by atoms with Gasteiger partial charge in [-0.15, -0.1) is 4.86 Å². The third-order valence-corrected chi connectivity index (χ3v) is 6.66. The molecule has 0 heterocycles. The second-order valence-electron chi connectivity index (χ2n) is 6.10. The van der Waals surface area contributed by atoms with Crippen molar-refractivity contribution < 1.29 is 28.3 Å².